The molecule has 5 heteroatoms. The van der Waals surface area contributed by atoms with Gasteiger partial charge in [-0.05, 0) is 36.6 Å². The molecule has 0 aliphatic rings. The van der Waals surface area contributed by atoms with Crippen LogP contribution in [0.2, 0.25) is 0 Å². The number of rotatable bonds is 6. The van der Waals surface area contributed by atoms with Gasteiger partial charge >= 0.3 is 0 Å². The summed E-state index contributed by atoms with van der Waals surface area (Å²) < 4.78 is 6.90. The summed E-state index contributed by atoms with van der Waals surface area (Å²) in [6.07, 6.45) is 0. The first kappa shape index (κ1) is 16.2. The van der Waals surface area contributed by atoms with E-state index in [0.717, 1.165) is 11.3 Å². The second-order valence-corrected chi connectivity index (χ2v) is 5.65. The molecule has 0 saturated heterocycles. The average Bonchev–Trinajstić information content (AvgIpc) is 2.49. The molecular formula is C17H23N3O2. The Bertz CT molecular complexity index is 662. The zero-order chi connectivity index (χ0) is 16.1. The highest BCUT2D eigenvalue weighted by atomic mass is 16.5. The van der Waals surface area contributed by atoms with E-state index in [2.05, 4.69) is 5.10 Å². The standard InChI is InChI=1S/C17H23N3O2/c1-4-22-14-7-5-13(6-8-14)17(18)15-9-10-16(21)20(19-15)11-12(2)3/h5-10,12,17H,4,11,18H2,1-3H3. The smallest absolute Gasteiger partial charge is 0.266 e. The first-order valence-corrected chi connectivity index (χ1v) is 7.57. The fourth-order valence-electron chi connectivity index (χ4n) is 2.22. The normalized spacial score (nSPS) is 12.4. The predicted molar refractivity (Wildman–Crippen MR) is 87.0 cm³/mol. The number of benzene rings is 1. The molecule has 1 aromatic carbocycles. The zero-order valence-corrected chi connectivity index (χ0v) is 13.3. The highest BCUT2D eigenvalue weighted by Crippen LogP contribution is 2.20. The van der Waals surface area contributed by atoms with Crippen molar-refractivity contribution in [2.24, 2.45) is 11.7 Å². The van der Waals surface area contributed by atoms with Crippen LogP contribution in [-0.2, 0) is 6.54 Å². The Balaban J connectivity index is 2.24. The lowest BCUT2D eigenvalue weighted by atomic mass is 10.0. The third kappa shape index (κ3) is 3.95. The Labute approximate surface area is 130 Å². The van der Waals surface area contributed by atoms with Gasteiger partial charge in [-0.15, -0.1) is 0 Å². The summed E-state index contributed by atoms with van der Waals surface area (Å²) in [7, 11) is 0. The fourth-order valence-corrected chi connectivity index (χ4v) is 2.22. The minimum Gasteiger partial charge on any atom is -0.494 e. The SMILES string of the molecule is CCOc1ccc(C(N)c2ccc(=O)n(CC(C)C)n2)cc1. The number of aromatic nitrogens is 2. The molecule has 0 spiro atoms. The van der Waals surface area contributed by atoms with Crippen LogP contribution in [0.1, 0.15) is 38.1 Å². The summed E-state index contributed by atoms with van der Waals surface area (Å²) >= 11 is 0. The second-order valence-electron chi connectivity index (χ2n) is 5.65. The van der Waals surface area contributed by atoms with Gasteiger partial charge in [0.1, 0.15) is 5.75 Å². The van der Waals surface area contributed by atoms with Crippen molar-refractivity contribution in [2.75, 3.05) is 6.61 Å². The largest absolute Gasteiger partial charge is 0.494 e. The van der Waals surface area contributed by atoms with Crippen LogP contribution in [-0.4, -0.2) is 16.4 Å². The average molecular weight is 301 g/mol. The number of hydrogen-bond donors (Lipinski definition) is 1. The number of nitrogens with zero attached hydrogens (tertiary/aromatic N) is 2. The fraction of sp³-hybridized carbons (Fsp3) is 0.412. The van der Waals surface area contributed by atoms with Crippen LogP contribution in [0, 0.1) is 5.92 Å². The summed E-state index contributed by atoms with van der Waals surface area (Å²) in [5.41, 5.74) is 7.79. The molecule has 2 rings (SSSR count). The van der Waals surface area contributed by atoms with Gasteiger partial charge in [0.05, 0.1) is 18.3 Å². The van der Waals surface area contributed by atoms with E-state index in [1.807, 2.05) is 45.0 Å². The van der Waals surface area contributed by atoms with Gasteiger partial charge in [0.2, 0.25) is 0 Å². The van der Waals surface area contributed by atoms with Crippen molar-refractivity contribution in [3.8, 4) is 5.75 Å². The maximum atomic E-state index is 11.8. The van der Waals surface area contributed by atoms with Crippen molar-refractivity contribution in [3.05, 3.63) is 58.0 Å². The van der Waals surface area contributed by atoms with E-state index >= 15 is 0 Å². The van der Waals surface area contributed by atoms with Crippen LogP contribution in [0.4, 0.5) is 0 Å². The quantitative estimate of drug-likeness (QED) is 0.889. The molecule has 22 heavy (non-hydrogen) atoms. The van der Waals surface area contributed by atoms with Gasteiger partial charge in [0, 0.05) is 12.6 Å². The lowest BCUT2D eigenvalue weighted by molar-refractivity contribution is 0.340. The third-order valence-electron chi connectivity index (χ3n) is 3.29. The van der Waals surface area contributed by atoms with E-state index < -0.39 is 0 Å². The summed E-state index contributed by atoms with van der Waals surface area (Å²) in [6.45, 7) is 7.26. The summed E-state index contributed by atoms with van der Waals surface area (Å²) in [4.78, 5) is 11.8. The molecule has 2 N–H and O–H groups in total. The van der Waals surface area contributed by atoms with E-state index in [1.165, 1.54) is 10.7 Å². The van der Waals surface area contributed by atoms with Crippen LogP contribution < -0.4 is 16.0 Å². The van der Waals surface area contributed by atoms with Crippen molar-refractivity contribution >= 4 is 0 Å². The molecule has 0 aliphatic carbocycles. The zero-order valence-electron chi connectivity index (χ0n) is 13.3. The third-order valence-corrected chi connectivity index (χ3v) is 3.29. The molecule has 0 amide bonds. The van der Waals surface area contributed by atoms with E-state index in [0.29, 0.717) is 24.8 Å². The van der Waals surface area contributed by atoms with Gasteiger partial charge in [0.25, 0.3) is 5.56 Å². The molecule has 1 unspecified atom stereocenters. The molecule has 1 atom stereocenters. The first-order chi connectivity index (χ1) is 10.5. The minimum absolute atomic E-state index is 0.101. The van der Waals surface area contributed by atoms with Crippen molar-refractivity contribution in [3.63, 3.8) is 0 Å². The van der Waals surface area contributed by atoms with E-state index in [1.54, 1.807) is 6.07 Å². The van der Waals surface area contributed by atoms with Crippen LogP contribution in [0.3, 0.4) is 0 Å². The maximum Gasteiger partial charge on any atom is 0.266 e. The van der Waals surface area contributed by atoms with Gasteiger partial charge in [-0.1, -0.05) is 26.0 Å². The predicted octanol–water partition coefficient (Wildman–Crippen LogP) is 2.35. The Morgan fingerprint density at radius 3 is 2.45 bits per heavy atom. The molecule has 1 heterocycles. The molecular weight excluding hydrogens is 278 g/mol. The topological polar surface area (TPSA) is 70.1 Å². The second kappa shape index (κ2) is 7.22. The summed E-state index contributed by atoms with van der Waals surface area (Å²) in [6, 6.07) is 10.5. The van der Waals surface area contributed by atoms with E-state index in [4.69, 9.17) is 10.5 Å². The Kier molecular flexibility index (Phi) is 5.33. The Morgan fingerprint density at radius 2 is 1.86 bits per heavy atom. The molecule has 0 radical (unpaired) electrons. The Hall–Kier alpha value is -2.14. The highest BCUT2D eigenvalue weighted by Gasteiger charge is 2.12. The van der Waals surface area contributed by atoms with E-state index in [9.17, 15) is 4.79 Å². The molecule has 0 fully saturated rings. The maximum absolute atomic E-state index is 11.8. The van der Waals surface area contributed by atoms with Crippen molar-refractivity contribution in [2.45, 2.75) is 33.4 Å². The minimum atomic E-state index is -0.366. The number of ether oxygens (including phenoxy) is 1. The van der Waals surface area contributed by atoms with Crippen molar-refractivity contribution in [1.29, 1.82) is 0 Å². The molecule has 5 nitrogen and oxygen atoms in total. The number of hydrogen-bond acceptors (Lipinski definition) is 4. The molecule has 0 aliphatic heterocycles. The van der Waals surface area contributed by atoms with Crippen molar-refractivity contribution < 1.29 is 4.74 Å². The van der Waals surface area contributed by atoms with Crippen molar-refractivity contribution in [1.82, 2.24) is 9.78 Å². The molecule has 1 aromatic heterocycles. The van der Waals surface area contributed by atoms with Gasteiger partial charge < -0.3 is 10.5 Å². The van der Waals surface area contributed by atoms with Crippen LogP contribution in [0.5, 0.6) is 5.75 Å². The van der Waals surface area contributed by atoms with Gasteiger partial charge in [-0.2, -0.15) is 5.10 Å². The summed E-state index contributed by atoms with van der Waals surface area (Å²) in [5.74, 6) is 1.17. The summed E-state index contributed by atoms with van der Waals surface area (Å²) in [5, 5.41) is 4.40. The van der Waals surface area contributed by atoms with Gasteiger partial charge in [-0.25, -0.2) is 4.68 Å². The highest BCUT2D eigenvalue weighted by molar-refractivity contribution is 5.32. The monoisotopic (exact) mass is 301 g/mol. The van der Waals surface area contributed by atoms with E-state index in [-0.39, 0.29) is 11.6 Å². The lowest BCUT2D eigenvalue weighted by Crippen LogP contribution is -2.27. The lowest BCUT2D eigenvalue weighted by Gasteiger charge is -2.15. The van der Waals surface area contributed by atoms with Gasteiger partial charge in [-0.3, -0.25) is 4.79 Å². The number of nitrogens with two attached hydrogens (primary N) is 1. The molecule has 2 aromatic rings. The van der Waals surface area contributed by atoms with Crippen LogP contribution in [0.15, 0.2) is 41.2 Å². The first-order valence-electron chi connectivity index (χ1n) is 7.57. The Morgan fingerprint density at radius 1 is 1.18 bits per heavy atom. The molecule has 0 saturated carbocycles. The van der Waals surface area contributed by atoms with Gasteiger partial charge in [0.15, 0.2) is 0 Å². The van der Waals surface area contributed by atoms with Crippen LogP contribution >= 0.6 is 0 Å². The molecule has 0 bridgehead atoms. The molecule has 118 valence electrons. The van der Waals surface area contributed by atoms with Crippen LogP contribution in [0.25, 0.3) is 0 Å².